The highest BCUT2D eigenvalue weighted by Gasteiger charge is 2.34. The van der Waals surface area contributed by atoms with Crippen LogP contribution in [0, 0.1) is 0 Å². The number of hydrogen-bond donors (Lipinski definition) is 1. The van der Waals surface area contributed by atoms with E-state index in [9.17, 15) is 14.4 Å². The lowest BCUT2D eigenvalue weighted by Crippen LogP contribution is -2.39. The fourth-order valence-electron chi connectivity index (χ4n) is 2.54. The summed E-state index contributed by atoms with van der Waals surface area (Å²) in [6.07, 6.45) is 0. The molecule has 1 aliphatic rings. The number of ether oxygens (including phenoxy) is 1. The molecular weight excluding hydrogens is 379 g/mol. The lowest BCUT2D eigenvalue weighted by atomic mass is 10.1. The minimum absolute atomic E-state index is 0.0831. The van der Waals surface area contributed by atoms with Crippen LogP contribution in [0.25, 0.3) is 0 Å². The predicted molar refractivity (Wildman–Crippen MR) is 96.8 cm³/mol. The number of hydrogen-bond acceptors (Lipinski definition) is 4. The number of carbonyl (C=O) groups excluding carboxylic acids is 3. The van der Waals surface area contributed by atoms with Crippen molar-refractivity contribution in [2.45, 2.75) is 0 Å². The molecule has 0 fully saturated rings. The standard InChI is InChI=1S/C18H14Cl2N2O4/c19-11-5-6-15(14(20)9-11)26-10-16(23)21-7-8-22-17(24)12-3-1-2-4-13(12)18(22)25/h1-6,9H,7-8,10H2,(H,21,23). The second kappa shape index (κ2) is 7.76. The van der Waals surface area contributed by atoms with Gasteiger partial charge in [-0.2, -0.15) is 0 Å². The van der Waals surface area contributed by atoms with E-state index in [4.69, 9.17) is 27.9 Å². The van der Waals surface area contributed by atoms with Crippen molar-refractivity contribution in [3.63, 3.8) is 0 Å². The maximum Gasteiger partial charge on any atom is 0.261 e. The number of amides is 3. The molecule has 0 spiro atoms. The van der Waals surface area contributed by atoms with Gasteiger partial charge in [-0.15, -0.1) is 0 Å². The molecule has 1 heterocycles. The molecule has 2 aromatic rings. The van der Waals surface area contributed by atoms with Gasteiger partial charge in [-0.3, -0.25) is 19.3 Å². The number of rotatable bonds is 6. The Morgan fingerprint density at radius 3 is 2.31 bits per heavy atom. The maximum absolute atomic E-state index is 12.2. The van der Waals surface area contributed by atoms with Crippen molar-refractivity contribution in [3.8, 4) is 5.75 Å². The number of nitrogens with one attached hydrogen (secondary N) is 1. The summed E-state index contributed by atoms with van der Waals surface area (Å²) in [5.41, 5.74) is 0.758. The predicted octanol–water partition coefficient (Wildman–Crippen LogP) is 2.78. The molecule has 0 radical (unpaired) electrons. The molecule has 3 rings (SSSR count). The van der Waals surface area contributed by atoms with Gasteiger partial charge in [0.25, 0.3) is 17.7 Å². The molecule has 1 aliphatic heterocycles. The van der Waals surface area contributed by atoms with E-state index < -0.39 is 5.91 Å². The monoisotopic (exact) mass is 392 g/mol. The Morgan fingerprint density at radius 2 is 1.69 bits per heavy atom. The molecule has 134 valence electrons. The highest BCUT2D eigenvalue weighted by molar-refractivity contribution is 6.35. The zero-order chi connectivity index (χ0) is 18.7. The molecule has 1 N–H and O–H groups in total. The zero-order valence-electron chi connectivity index (χ0n) is 13.5. The Balaban J connectivity index is 1.47. The van der Waals surface area contributed by atoms with Crippen molar-refractivity contribution in [1.29, 1.82) is 0 Å². The Bertz CT molecular complexity index is 850. The van der Waals surface area contributed by atoms with E-state index in [0.29, 0.717) is 26.9 Å². The topological polar surface area (TPSA) is 75.7 Å². The van der Waals surface area contributed by atoms with Crippen LogP contribution in [0.5, 0.6) is 5.75 Å². The van der Waals surface area contributed by atoms with Gasteiger partial charge in [-0.25, -0.2) is 0 Å². The molecule has 0 bridgehead atoms. The minimum atomic E-state index is -0.396. The summed E-state index contributed by atoms with van der Waals surface area (Å²) in [5.74, 6) is -0.771. The van der Waals surface area contributed by atoms with Crippen molar-refractivity contribution in [1.82, 2.24) is 10.2 Å². The molecule has 8 heteroatoms. The first-order valence-corrected chi connectivity index (χ1v) is 8.52. The van der Waals surface area contributed by atoms with Crippen molar-refractivity contribution < 1.29 is 19.1 Å². The fraction of sp³-hybridized carbons (Fsp3) is 0.167. The fourth-order valence-corrected chi connectivity index (χ4v) is 3.00. The second-order valence-electron chi connectivity index (χ2n) is 5.52. The van der Waals surface area contributed by atoms with Crippen molar-refractivity contribution in [2.24, 2.45) is 0 Å². The van der Waals surface area contributed by atoms with Crippen LogP contribution in [-0.4, -0.2) is 42.3 Å². The summed E-state index contributed by atoms with van der Waals surface area (Å²) < 4.78 is 5.32. The van der Waals surface area contributed by atoms with Crippen molar-refractivity contribution >= 4 is 40.9 Å². The number of carbonyl (C=O) groups is 3. The zero-order valence-corrected chi connectivity index (χ0v) is 15.0. The summed E-state index contributed by atoms with van der Waals surface area (Å²) in [5, 5.41) is 3.37. The number of fused-ring (bicyclic) bond motifs is 1. The summed E-state index contributed by atoms with van der Waals surface area (Å²) >= 11 is 11.7. The SMILES string of the molecule is O=C(COc1ccc(Cl)cc1Cl)NCCN1C(=O)c2ccccc2C1=O. The van der Waals surface area contributed by atoms with E-state index in [2.05, 4.69) is 5.32 Å². The highest BCUT2D eigenvalue weighted by Crippen LogP contribution is 2.27. The second-order valence-corrected chi connectivity index (χ2v) is 6.36. The minimum Gasteiger partial charge on any atom is -0.482 e. The molecule has 0 unspecified atom stereocenters. The van der Waals surface area contributed by atoms with Gasteiger partial charge in [-0.1, -0.05) is 35.3 Å². The van der Waals surface area contributed by atoms with Gasteiger partial charge >= 0.3 is 0 Å². The average molecular weight is 393 g/mol. The lowest BCUT2D eigenvalue weighted by molar-refractivity contribution is -0.123. The van der Waals surface area contributed by atoms with E-state index in [-0.39, 0.29) is 31.5 Å². The third kappa shape index (κ3) is 3.81. The Labute approximate surface area is 159 Å². The lowest BCUT2D eigenvalue weighted by Gasteiger charge is -2.14. The largest absolute Gasteiger partial charge is 0.482 e. The van der Waals surface area contributed by atoms with Crippen LogP contribution in [0.1, 0.15) is 20.7 Å². The number of imide groups is 1. The van der Waals surface area contributed by atoms with Gasteiger partial charge in [0.15, 0.2) is 6.61 Å². The first kappa shape index (κ1) is 18.2. The highest BCUT2D eigenvalue weighted by atomic mass is 35.5. The number of benzene rings is 2. The van der Waals surface area contributed by atoms with Gasteiger partial charge in [0.05, 0.1) is 16.1 Å². The Kier molecular flexibility index (Phi) is 5.44. The molecule has 26 heavy (non-hydrogen) atoms. The third-order valence-electron chi connectivity index (χ3n) is 3.79. The quantitative estimate of drug-likeness (QED) is 0.766. The average Bonchev–Trinajstić information content (AvgIpc) is 2.86. The molecule has 6 nitrogen and oxygen atoms in total. The van der Waals surface area contributed by atoms with Gasteiger partial charge in [0.1, 0.15) is 5.75 Å². The van der Waals surface area contributed by atoms with E-state index in [1.165, 1.54) is 6.07 Å². The number of nitrogens with zero attached hydrogens (tertiary/aromatic N) is 1. The van der Waals surface area contributed by atoms with Crippen molar-refractivity contribution in [3.05, 3.63) is 63.6 Å². The summed E-state index contributed by atoms with van der Waals surface area (Å²) in [6.45, 7) is -0.0364. The van der Waals surface area contributed by atoms with Crippen molar-refractivity contribution in [2.75, 3.05) is 19.7 Å². The molecular formula is C18H14Cl2N2O4. The van der Waals surface area contributed by atoms with Crippen LogP contribution < -0.4 is 10.1 Å². The van der Waals surface area contributed by atoms with E-state index in [1.54, 1.807) is 36.4 Å². The van der Waals surface area contributed by atoms with E-state index in [1.807, 2.05) is 0 Å². The molecule has 0 atom stereocenters. The molecule has 0 aromatic heterocycles. The normalized spacial score (nSPS) is 12.9. The molecule has 0 saturated heterocycles. The van der Waals surface area contributed by atoms with Crippen LogP contribution in [0.3, 0.4) is 0 Å². The van der Waals surface area contributed by atoms with Crippen LogP contribution in [0.2, 0.25) is 10.0 Å². The first-order valence-electron chi connectivity index (χ1n) is 7.77. The van der Waals surface area contributed by atoms with Crippen LogP contribution >= 0.6 is 23.2 Å². The van der Waals surface area contributed by atoms with Gasteiger partial charge in [0.2, 0.25) is 0 Å². The van der Waals surface area contributed by atoms with Crippen LogP contribution in [0.15, 0.2) is 42.5 Å². The molecule has 2 aromatic carbocycles. The number of halogens is 2. The molecule has 3 amide bonds. The molecule has 0 saturated carbocycles. The van der Waals surface area contributed by atoms with Gasteiger partial charge in [0, 0.05) is 18.1 Å². The van der Waals surface area contributed by atoms with E-state index in [0.717, 1.165) is 4.90 Å². The smallest absolute Gasteiger partial charge is 0.261 e. The van der Waals surface area contributed by atoms with Gasteiger partial charge in [-0.05, 0) is 30.3 Å². The Hall–Kier alpha value is -2.57. The first-order chi connectivity index (χ1) is 12.5. The van der Waals surface area contributed by atoms with Crippen LogP contribution in [-0.2, 0) is 4.79 Å². The summed E-state index contributed by atoms with van der Waals surface area (Å²) in [7, 11) is 0. The van der Waals surface area contributed by atoms with Gasteiger partial charge < -0.3 is 10.1 Å². The maximum atomic E-state index is 12.2. The summed E-state index contributed by atoms with van der Waals surface area (Å²) in [4.78, 5) is 37.4. The Morgan fingerprint density at radius 1 is 1.04 bits per heavy atom. The molecule has 0 aliphatic carbocycles. The summed E-state index contributed by atoms with van der Waals surface area (Å²) in [6, 6.07) is 11.3. The van der Waals surface area contributed by atoms with Crippen LogP contribution in [0.4, 0.5) is 0 Å². The third-order valence-corrected chi connectivity index (χ3v) is 4.32. The van der Waals surface area contributed by atoms with E-state index >= 15 is 0 Å².